The molecule has 2 aromatic rings. The highest BCUT2D eigenvalue weighted by Gasteiger charge is 2.42. The van der Waals surface area contributed by atoms with Crippen LogP contribution in [0.25, 0.3) is 0 Å². The van der Waals surface area contributed by atoms with Crippen molar-refractivity contribution >= 4 is 0 Å². The molecule has 0 unspecified atom stereocenters. The lowest BCUT2D eigenvalue weighted by Gasteiger charge is -2.45. The van der Waals surface area contributed by atoms with Gasteiger partial charge in [-0.2, -0.15) is 0 Å². The van der Waals surface area contributed by atoms with Crippen molar-refractivity contribution in [3.05, 3.63) is 69.3 Å². The number of hydrogen-bond acceptors (Lipinski definition) is 0. The Kier molecular flexibility index (Phi) is 7.44. The highest BCUT2D eigenvalue weighted by atomic mass is 14.5. The molecule has 2 rings (SSSR count). The summed E-state index contributed by atoms with van der Waals surface area (Å²) < 4.78 is 0. The molecule has 0 radical (unpaired) electrons. The third-order valence-corrected chi connectivity index (χ3v) is 7.48. The molecule has 0 heterocycles. The summed E-state index contributed by atoms with van der Waals surface area (Å²) in [5.41, 5.74) is 10.6. The molecule has 0 bridgehead atoms. The van der Waals surface area contributed by atoms with Crippen molar-refractivity contribution in [1.29, 1.82) is 0 Å². The van der Waals surface area contributed by atoms with E-state index in [1.165, 1.54) is 27.8 Å². The van der Waals surface area contributed by atoms with Gasteiger partial charge in [0.05, 0.1) is 0 Å². The van der Waals surface area contributed by atoms with Crippen LogP contribution >= 0.6 is 0 Å². The molecule has 0 fully saturated rings. The fraction of sp³-hybridized carbons (Fsp3) is 0.657. The topological polar surface area (TPSA) is 0 Å². The number of benzene rings is 2. The van der Waals surface area contributed by atoms with Gasteiger partial charge in [0.2, 0.25) is 0 Å². The number of rotatable bonds is 2. The van der Waals surface area contributed by atoms with E-state index in [1.54, 1.807) is 11.1 Å². The molecule has 0 saturated carbocycles. The minimum Gasteiger partial charge on any atom is -0.0620 e. The van der Waals surface area contributed by atoms with Gasteiger partial charge < -0.3 is 0 Å². The second kappa shape index (κ2) is 8.78. The van der Waals surface area contributed by atoms with Gasteiger partial charge in [-0.3, -0.25) is 0 Å². The van der Waals surface area contributed by atoms with Gasteiger partial charge in [0.15, 0.2) is 0 Å². The minimum absolute atomic E-state index is 0.00710. The van der Waals surface area contributed by atoms with Gasteiger partial charge in [-0.1, -0.05) is 148 Å². The zero-order chi connectivity index (χ0) is 27.6. The summed E-state index contributed by atoms with van der Waals surface area (Å²) >= 11 is 0. The monoisotopic (exact) mass is 476 g/mol. The SMILES string of the molecule is CC(C)(C)c1ccccc1C(C)(C)c1c(C(C)(C)C)cc(C(C)(C)C)c(C(C)(C)C)c1C(C)(C)C. The quantitative estimate of drug-likeness (QED) is 0.404. The Morgan fingerprint density at radius 1 is 0.343 bits per heavy atom. The average Bonchev–Trinajstić information content (AvgIpc) is 2.62. The van der Waals surface area contributed by atoms with Crippen LogP contribution in [0.5, 0.6) is 0 Å². The van der Waals surface area contributed by atoms with E-state index in [2.05, 4.69) is 148 Å². The van der Waals surface area contributed by atoms with E-state index < -0.39 is 0 Å². The zero-order valence-corrected chi connectivity index (χ0v) is 26.4. The maximum atomic E-state index is 2.59. The first-order chi connectivity index (χ1) is 15.3. The van der Waals surface area contributed by atoms with Gasteiger partial charge in [-0.25, -0.2) is 0 Å². The Morgan fingerprint density at radius 2 is 0.686 bits per heavy atom. The van der Waals surface area contributed by atoms with Crippen molar-refractivity contribution in [2.75, 3.05) is 0 Å². The highest BCUT2D eigenvalue weighted by molar-refractivity contribution is 5.61. The summed E-state index contributed by atoms with van der Waals surface area (Å²) in [6.45, 7) is 40.8. The number of hydrogen-bond donors (Lipinski definition) is 0. The van der Waals surface area contributed by atoms with Crippen molar-refractivity contribution in [2.24, 2.45) is 0 Å². The van der Waals surface area contributed by atoms with E-state index in [9.17, 15) is 0 Å². The normalized spacial score (nSPS) is 14.4. The predicted molar refractivity (Wildman–Crippen MR) is 159 cm³/mol. The van der Waals surface area contributed by atoms with Gasteiger partial charge in [-0.15, -0.1) is 0 Å². The predicted octanol–water partition coefficient (Wildman–Crippen LogP) is 10.5. The van der Waals surface area contributed by atoms with Crippen molar-refractivity contribution in [2.45, 2.75) is 150 Å². The molecule has 0 amide bonds. The molecular weight excluding hydrogens is 420 g/mol. The summed E-state index contributed by atoms with van der Waals surface area (Å²) in [6.07, 6.45) is 0. The minimum atomic E-state index is -0.147. The van der Waals surface area contributed by atoms with Crippen molar-refractivity contribution in [1.82, 2.24) is 0 Å². The smallest absolute Gasteiger partial charge is 0.0155 e. The summed E-state index contributed by atoms with van der Waals surface area (Å²) in [5, 5.41) is 0. The van der Waals surface area contributed by atoms with E-state index in [4.69, 9.17) is 0 Å². The van der Waals surface area contributed by atoms with Gasteiger partial charge in [0.1, 0.15) is 0 Å². The standard InChI is InChI=1S/C35H56/c1-30(2,3)23-20-18-19-21-24(23)35(16,17)28-26(32(7,8)9)22-25(31(4,5)6)27(33(10,11)12)29(28)34(13,14)15/h18-22H,1-17H3. The molecule has 0 spiro atoms. The summed E-state index contributed by atoms with van der Waals surface area (Å²) in [6, 6.07) is 11.8. The Bertz CT molecular complexity index is 1060. The molecule has 0 aliphatic rings. The van der Waals surface area contributed by atoms with Gasteiger partial charge in [0.25, 0.3) is 0 Å². The van der Waals surface area contributed by atoms with Crippen LogP contribution in [-0.2, 0) is 32.5 Å². The zero-order valence-electron chi connectivity index (χ0n) is 26.4. The Morgan fingerprint density at radius 3 is 1.03 bits per heavy atom. The van der Waals surface area contributed by atoms with Crippen LogP contribution < -0.4 is 0 Å². The van der Waals surface area contributed by atoms with Crippen molar-refractivity contribution < 1.29 is 0 Å². The van der Waals surface area contributed by atoms with Crippen LogP contribution in [-0.4, -0.2) is 0 Å². The van der Waals surface area contributed by atoms with Crippen LogP contribution in [0.4, 0.5) is 0 Å². The van der Waals surface area contributed by atoms with E-state index >= 15 is 0 Å². The Labute approximate surface area is 219 Å². The molecule has 0 nitrogen and oxygen atoms in total. The van der Waals surface area contributed by atoms with E-state index in [-0.39, 0.29) is 32.5 Å². The molecule has 0 saturated heterocycles. The van der Waals surface area contributed by atoms with E-state index in [0.717, 1.165) is 0 Å². The maximum Gasteiger partial charge on any atom is 0.0155 e. The lowest BCUT2D eigenvalue weighted by Crippen LogP contribution is -2.37. The molecule has 0 atom stereocenters. The third-order valence-electron chi connectivity index (χ3n) is 7.48. The van der Waals surface area contributed by atoms with Crippen LogP contribution in [0, 0.1) is 0 Å². The van der Waals surface area contributed by atoms with Crippen LogP contribution in [0.15, 0.2) is 30.3 Å². The molecule has 2 aromatic carbocycles. The average molecular weight is 477 g/mol. The molecule has 196 valence electrons. The van der Waals surface area contributed by atoms with Crippen LogP contribution in [0.1, 0.15) is 157 Å². The second-order valence-corrected chi connectivity index (χ2v) is 16.5. The fourth-order valence-electron chi connectivity index (χ4n) is 5.86. The first-order valence-corrected chi connectivity index (χ1v) is 13.7. The van der Waals surface area contributed by atoms with Crippen LogP contribution in [0.2, 0.25) is 0 Å². The molecule has 0 N–H and O–H groups in total. The van der Waals surface area contributed by atoms with Gasteiger partial charge >= 0.3 is 0 Å². The Balaban J connectivity index is 3.32. The highest BCUT2D eigenvalue weighted by Crippen LogP contribution is 2.51. The van der Waals surface area contributed by atoms with Crippen LogP contribution in [0.3, 0.4) is 0 Å². The first-order valence-electron chi connectivity index (χ1n) is 13.7. The molecule has 0 heteroatoms. The second-order valence-electron chi connectivity index (χ2n) is 16.5. The molecule has 0 aliphatic heterocycles. The lowest BCUT2D eigenvalue weighted by atomic mass is 9.59. The summed E-state index contributed by atoms with van der Waals surface area (Å²) in [5.74, 6) is 0. The molecular formula is C35H56. The van der Waals surface area contributed by atoms with E-state index in [0.29, 0.717) is 0 Å². The fourth-order valence-corrected chi connectivity index (χ4v) is 5.86. The lowest BCUT2D eigenvalue weighted by molar-refractivity contribution is 0.464. The molecule has 0 aromatic heterocycles. The summed E-state index contributed by atoms with van der Waals surface area (Å²) in [4.78, 5) is 0. The first kappa shape index (κ1) is 29.7. The van der Waals surface area contributed by atoms with E-state index in [1.807, 2.05) is 0 Å². The summed E-state index contributed by atoms with van der Waals surface area (Å²) in [7, 11) is 0. The van der Waals surface area contributed by atoms with Crippen molar-refractivity contribution in [3.63, 3.8) is 0 Å². The van der Waals surface area contributed by atoms with Crippen molar-refractivity contribution in [3.8, 4) is 0 Å². The molecule has 0 aliphatic carbocycles. The maximum absolute atomic E-state index is 2.59. The third kappa shape index (κ3) is 5.89. The van der Waals surface area contributed by atoms with Gasteiger partial charge in [0, 0.05) is 5.41 Å². The molecule has 35 heavy (non-hydrogen) atoms. The Hall–Kier alpha value is -1.56. The van der Waals surface area contributed by atoms with Gasteiger partial charge in [-0.05, 0) is 66.0 Å². The largest absolute Gasteiger partial charge is 0.0620 e.